The number of halogens is 5. The standard InChI is InChI=1S/C9H8F5NO/c10-5-1-2-6(15)8(7(5)11)16-4-3-9(12,13)14/h1-2H,3-4,15H2. The predicted molar refractivity (Wildman–Crippen MR) is 46.9 cm³/mol. The van der Waals surface area contributed by atoms with E-state index in [4.69, 9.17) is 5.73 Å². The Morgan fingerprint density at radius 2 is 1.81 bits per heavy atom. The van der Waals surface area contributed by atoms with E-state index < -0.39 is 36.6 Å². The van der Waals surface area contributed by atoms with Crippen LogP contribution in [0, 0.1) is 11.6 Å². The van der Waals surface area contributed by atoms with Gasteiger partial charge in [-0.15, -0.1) is 0 Å². The van der Waals surface area contributed by atoms with Crippen LogP contribution < -0.4 is 10.5 Å². The lowest BCUT2D eigenvalue weighted by Crippen LogP contribution is -2.14. The molecule has 0 saturated carbocycles. The Balaban J connectivity index is 2.71. The van der Waals surface area contributed by atoms with Gasteiger partial charge in [-0.3, -0.25) is 0 Å². The smallest absolute Gasteiger partial charge is 0.392 e. The molecule has 0 atom stereocenters. The van der Waals surface area contributed by atoms with Gasteiger partial charge in [-0.05, 0) is 12.1 Å². The second-order valence-corrected chi connectivity index (χ2v) is 2.99. The van der Waals surface area contributed by atoms with Crippen LogP contribution in [0.1, 0.15) is 6.42 Å². The molecule has 90 valence electrons. The van der Waals surface area contributed by atoms with Crippen molar-refractivity contribution in [2.45, 2.75) is 12.6 Å². The van der Waals surface area contributed by atoms with Crippen LogP contribution >= 0.6 is 0 Å². The third kappa shape index (κ3) is 3.25. The first-order valence-corrected chi connectivity index (χ1v) is 4.24. The Morgan fingerprint density at radius 3 is 2.38 bits per heavy atom. The van der Waals surface area contributed by atoms with E-state index in [1.165, 1.54) is 0 Å². The van der Waals surface area contributed by atoms with E-state index in [1.807, 2.05) is 0 Å². The van der Waals surface area contributed by atoms with Crippen LogP contribution in [0.4, 0.5) is 27.6 Å². The monoisotopic (exact) mass is 241 g/mol. The summed E-state index contributed by atoms with van der Waals surface area (Å²) in [6.07, 6.45) is -5.68. The molecule has 0 aliphatic carbocycles. The number of hydrogen-bond acceptors (Lipinski definition) is 2. The highest BCUT2D eigenvalue weighted by Crippen LogP contribution is 2.28. The molecule has 2 N–H and O–H groups in total. The van der Waals surface area contributed by atoms with Crippen LogP contribution in [0.15, 0.2) is 12.1 Å². The lowest BCUT2D eigenvalue weighted by atomic mass is 10.3. The fraction of sp³-hybridized carbons (Fsp3) is 0.333. The van der Waals surface area contributed by atoms with Crippen molar-refractivity contribution in [3.8, 4) is 5.75 Å². The quantitative estimate of drug-likeness (QED) is 0.652. The van der Waals surface area contributed by atoms with E-state index in [-0.39, 0.29) is 5.69 Å². The highest BCUT2D eigenvalue weighted by atomic mass is 19.4. The molecular weight excluding hydrogens is 233 g/mol. The summed E-state index contributed by atoms with van der Waals surface area (Å²) in [4.78, 5) is 0. The van der Waals surface area contributed by atoms with E-state index in [0.29, 0.717) is 0 Å². The third-order valence-electron chi connectivity index (χ3n) is 1.71. The minimum atomic E-state index is -4.42. The van der Waals surface area contributed by atoms with Crippen molar-refractivity contribution in [2.75, 3.05) is 12.3 Å². The van der Waals surface area contributed by atoms with E-state index in [0.717, 1.165) is 12.1 Å². The average molecular weight is 241 g/mol. The van der Waals surface area contributed by atoms with Crippen LogP contribution in [0.2, 0.25) is 0 Å². The first-order chi connectivity index (χ1) is 7.31. The Morgan fingerprint density at radius 1 is 1.19 bits per heavy atom. The molecule has 0 aliphatic heterocycles. The highest BCUT2D eigenvalue weighted by Gasteiger charge is 2.27. The van der Waals surface area contributed by atoms with E-state index >= 15 is 0 Å². The van der Waals surface area contributed by atoms with Gasteiger partial charge >= 0.3 is 6.18 Å². The van der Waals surface area contributed by atoms with Gasteiger partial charge in [0.15, 0.2) is 11.6 Å². The lowest BCUT2D eigenvalue weighted by molar-refractivity contribution is -0.139. The Kier molecular flexibility index (Phi) is 3.56. The fourth-order valence-corrected chi connectivity index (χ4v) is 0.962. The number of anilines is 1. The number of ether oxygens (including phenoxy) is 1. The van der Waals surface area contributed by atoms with Gasteiger partial charge in [-0.2, -0.15) is 17.6 Å². The maximum absolute atomic E-state index is 13.0. The average Bonchev–Trinajstić information content (AvgIpc) is 2.16. The summed E-state index contributed by atoms with van der Waals surface area (Å²) >= 11 is 0. The zero-order valence-electron chi connectivity index (χ0n) is 7.94. The molecule has 1 aromatic rings. The largest absolute Gasteiger partial charge is 0.488 e. The summed E-state index contributed by atoms with van der Waals surface area (Å²) in [7, 11) is 0. The Hall–Kier alpha value is -1.53. The number of nitrogens with two attached hydrogens (primary N) is 1. The topological polar surface area (TPSA) is 35.2 Å². The molecule has 16 heavy (non-hydrogen) atoms. The van der Waals surface area contributed by atoms with Gasteiger partial charge in [0, 0.05) is 0 Å². The molecule has 0 fully saturated rings. The molecule has 0 heterocycles. The van der Waals surface area contributed by atoms with Crippen molar-refractivity contribution in [1.82, 2.24) is 0 Å². The molecule has 0 spiro atoms. The molecule has 0 amide bonds. The van der Waals surface area contributed by atoms with Crippen LogP contribution in [-0.4, -0.2) is 12.8 Å². The fourth-order valence-electron chi connectivity index (χ4n) is 0.962. The normalized spacial score (nSPS) is 11.6. The van der Waals surface area contributed by atoms with Gasteiger partial charge in [0.25, 0.3) is 0 Å². The molecular formula is C9H8F5NO. The molecule has 0 aliphatic rings. The predicted octanol–water partition coefficient (Wildman–Crippen LogP) is 2.88. The summed E-state index contributed by atoms with van der Waals surface area (Å²) in [6, 6.07) is 1.78. The lowest BCUT2D eigenvalue weighted by Gasteiger charge is -2.11. The number of alkyl halides is 3. The second kappa shape index (κ2) is 4.54. The van der Waals surface area contributed by atoms with E-state index in [2.05, 4.69) is 4.74 Å². The van der Waals surface area contributed by atoms with Gasteiger partial charge in [0.05, 0.1) is 18.7 Å². The van der Waals surface area contributed by atoms with Crippen molar-refractivity contribution in [2.24, 2.45) is 0 Å². The molecule has 0 saturated heterocycles. The minimum Gasteiger partial charge on any atom is -0.488 e. The molecule has 2 nitrogen and oxygen atoms in total. The van der Waals surface area contributed by atoms with Crippen LogP contribution in [0.3, 0.4) is 0 Å². The third-order valence-corrected chi connectivity index (χ3v) is 1.71. The molecule has 1 rings (SSSR count). The molecule has 0 radical (unpaired) electrons. The Labute approximate surface area is 87.8 Å². The summed E-state index contributed by atoms with van der Waals surface area (Å²) in [5.74, 6) is -3.30. The maximum atomic E-state index is 13.0. The van der Waals surface area contributed by atoms with Gasteiger partial charge in [-0.1, -0.05) is 0 Å². The molecule has 0 aromatic heterocycles. The minimum absolute atomic E-state index is 0.249. The van der Waals surface area contributed by atoms with E-state index in [9.17, 15) is 22.0 Å². The second-order valence-electron chi connectivity index (χ2n) is 2.99. The number of hydrogen-bond donors (Lipinski definition) is 1. The SMILES string of the molecule is Nc1ccc(F)c(F)c1OCCC(F)(F)F. The first kappa shape index (κ1) is 12.5. The van der Waals surface area contributed by atoms with Crippen molar-refractivity contribution in [3.63, 3.8) is 0 Å². The van der Waals surface area contributed by atoms with Crippen LogP contribution in [-0.2, 0) is 0 Å². The van der Waals surface area contributed by atoms with Crippen molar-refractivity contribution in [3.05, 3.63) is 23.8 Å². The van der Waals surface area contributed by atoms with Crippen molar-refractivity contribution >= 4 is 5.69 Å². The van der Waals surface area contributed by atoms with E-state index in [1.54, 1.807) is 0 Å². The van der Waals surface area contributed by atoms with Gasteiger partial charge in [0.1, 0.15) is 0 Å². The summed E-state index contributed by atoms with van der Waals surface area (Å²) < 4.78 is 65.5. The van der Waals surface area contributed by atoms with Crippen molar-refractivity contribution < 1.29 is 26.7 Å². The van der Waals surface area contributed by atoms with Gasteiger partial charge in [0.2, 0.25) is 5.82 Å². The zero-order valence-corrected chi connectivity index (χ0v) is 7.94. The molecule has 0 unspecified atom stereocenters. The number of benzene rings is 1. The molecule has 7 heteroatoms. The molecule has 1 aromatic carbocycles. The summed E-state index contributed by atoms with van der Waals surface area (Å²) in [5.41, 5.74) is 4.98. The maximum Gasteiger partial charge on any atom is 0.392 e. The highest BCUT2D eigenvalue weighted by molar-refractivity contribution is 5.53. The summed E-state index contributed by atoms with van der Waals surface area (Å²) in [5, 5.41) is 0. The number of rotatable bonds is 3. The Bertz CT molecular complexity index is 377. The first-order valence-electron chi connectivity index (χ1n) is 4.24. The van der Waals surface area contributed by atoms with Gasteiger partial charge in [-0.25, -0.2) is 4.39 Å². The van der Waals surface area contributed by atoms with Gasteiger partial charge < -0.3 is 10.5 Å². The molecule has 0 bridgehead atoms. The zero-order chi connectivity index (χ0) is 12.3. The van der Waals surface area contributed by atoms with Crippen LogP contribution in [0.25, 0.3) is 0 Å². The summed E-state index contributed by atoms with van der Waals surface area (Å²) in [6.45, 7) is -0.811. The van der Waals surface area contributed by atoms with Crippen LogP contribution in [0.5, 0.6) is 5.75 Å². The van der Waals surface area contributed by atoms with Crippen molar-refractivity contribution in [1.29, 1.82) is 0 Å². The number of nitrogen functional groups attached to an aromatic ring is 1.